The van der Waals surface area contributed by atoms with Crippen molar-refractivity contribution in [2.75, 3.05) is 5.32 Å². The molecule has 2 heterocycles. The molecule has 1 amide bonds. The largest absolute Gasteiger partial charge is 0.393 e. The number of rotatable bonds is 5. The molecule has 1 fully saturated rings. The summed E-state index contributed by atoms with van der Waals surface area (Å²) < 4.78 is 1.91. The second-order valence-corrected chi connectivity index (χ2v) is 7.43. The van der Waals surface area contributed by atoms with Crippen molar-refractivity contribution in [2.45, 2.75) is 44.9 Å². The highest BCUT2D eigenvalue weighted by Gasteiger charge is 2.29. The standard InChI is InChI=1S/C20H23N5O2/c1-11(2)24-19-16-5-12(3-4-18(16)22-9-17(19)20(21)27)13-8-23-25(10-13)14-6-15(26)7-14/h3-5,8-11,14-15,26H,6-7H2,1-2H3,(H2,21,27)(H,22,24). The Morgan fingerprint density at radius 1 is 1.30 bits per heavy atom. The summed E-state index contributed by atoms with van der Waals surface area (Å²) in [6, 6.07) is 6.35. The number of fused-ring (bicyclic) bond motifs is 1. The number of anilines is 1. The molecule has 0 radical (unpaired) electrons. The van der Waals surface area contributed by atoms with Crippen molar-refractivity contribution in [1.82, 2.24) is 14.8 Å². The van der Waals surface area contributed by atoms with Gasteiger partial charge in [0.15, 0.2) is 0 Å². The summed E-state index contributed by atoms with van der Waals surface area (Å²) in [4.78, 5) is 16.2. The van der Waals surface area contributed by atoms with Gasteiger partial charge in [0, 0.05) is 29.4 Å². The molecule has 0 bridgehead atoms. The molecule has 1 saturated carbocycles. The molecular formula is C20H23N5O2. The molecular weight excluding hydrogens is 342 g/mol. The van der Waals surface area contributed by atoms with E-state index in [1.165, 1.54) is 6.20 Å². The molecule has 4 N–H and O–H groups in total. The van der Waals surface area contributed by atoms with Crippen molar-refractivity contribution < 1.29 is 9.90 Å². The molecule has 0 spiro atoms. The number of amides is 1. The highest BCUT2D eigenvalue weighted by atomic mass is 16.3. The zero-order valence-electron chi connectivity index (χ0n) is 15.4. The Morgan fingerprint density at radius 3 is 2.74 bits per heavy atom. The number of aliphatic hydroxyl groups excluding tert-OH is 1. The second-order valence-electron chi connectivity index (χ2n) is 7.43. The molecule has 3 aromatic rings. The number of nitrogens with one attached hydrogen (secondary N) is 1. The van der Waals surface area contributed by atoms with Crippen molar-refractivity contribution in [2.24, 2.45) is 5.73 Å². The fraction of sp³-hybridized carbons (Fsp3) is 0.350. The number of hydrogen-bond acceptors (Lipinski definition) is 5. The number of nitrogens with two attached hydrogens (primary N) is 1. The topological polar surface area (TPSA) is 106 Å². The van der Waals surface area contributed by atoms with Crippen molar-refractivity contribution in [3.05, 3.63) is 42.4 Å². The van der Waals surface area contributed by atoms with E-state index in [1.807, 2.05) is 49.1 Å². The number of carbonyl (C=O) groups excluding carboxylic acids is 1. The van der Waals surface area contributed by atoms with E-state index in [4.69, 9.17) is 5.73 Å². The van der Waals surface area contributed by atoms with Gasteiger partial charge in [-0.3, -0.25) is 14.5 Å². The van der Waals surface area contributed by atoms with Gasteiger partial charge in [0.05, 0.1) is 35.1 Å². The van der Waals surface area contributed by atoms with Crippen molar-refractivity contribution >= 4 is 22.5 Å². The average Bonchev–Trinajstić information content (AvgIpc) is 3.07. The second kappa shape index (κ2) is 6.66. The smallest absolute Gasteiger partial charge is 0.252 e. The molecule has 1 aliphatic rings. The lowest BCUT2D eigenvalue weighted by atomic mass is 9.90. The van der Waals surface area contributed by atoms with Crippen LogP contribution in [0.2, 0.25) is 0 Å². The van der Waals surface area contributed by atoms with Crippen LogP contribution in [0.3, 0.4) is 0 Å². The molecule has 7 nitrogen and oxygen atoms in total. The van der Waals surface area contributed by atoms with Gasteiger partial charge in [-0.2, -0.15) is 5.10 Å². The Hall–Kier alpha value is -2.93. The highest BCUT2D eigenvalue weighted by molar-refractivity contribution is 6.07. The summed E-state index contributed by atoms with van der Waals surface area (Å²) in [7, 11) is 0. The van der Waals surface area contributed by atoms with Gasteiger partial charge >= 0.3 is 0 Å². The highest BCUT2D eigenvalue weighted by Crippen LogP contribution is 2.34. The molecule has 140 valence electrons. The van der Waals surface area contributed by atoms with Crippen LogP contribution in [0, 0.1) is 0 Å². The van der Waals surface area contributed by atoms with Gasteiger partial charge in [0.1, 0.15) is 0 Å². The molecule has 7 heteroatoms. The maximum absolute atomic E-state index is 11.9. The molecule has 2 aromatic heterocycles. The van der Waals surface area contributed by atoms with Crippen LogP contribution in [0.25, 0.3) is 22.0 Å². The van der Waals surface area contributed by atoms with E-state index in [1.54, 1.807) is 0 Å². The lowest BCUT2D eigenvalue weighted by molar-refractivity contribution is 0.0434. The first-order valence-electron chi connectivity index (χ1n) is 9.14. The van der Waals surface area contributed by atoms with E-state index < -0.39 is 5.91 Å². The Labute approximate surface area is 157 Å². The predicted molar refractivity (Wildman–Crippen MR) is 105 cm³/mol. The van der Waals surface area contributed by atoms with E-state index in [2.05, 4.69) is 15.4 Å². The number of pyridine rings is 1. The Morgan fingerprint density at radius 2 is 2.07 bits per heavy atom. The van der Waals surface area contributed by atoms with Crippen LogP contribution >= 0.6 is 0 Å². The minimum absolute atomic E-state index is 0.144. The van der Waals surface area contributed by atoms with E-state index in [0.29, 0.717) is 11.3 Å². The van der Waals surface area contributed by atoms with E-state index in [-0.39, 0.29) is 18.2 Å². The number of aromatic nitrogens is 3. The maximum atomic E-state index is 11.9. The monoisotopic (exact) mass is 365 g/mol. The average molecular weight is 365 g/mol. The van der Waals surface area contributed by atoms with Crippen molar-refractivity contribution in [1.29, 1.82) is 0 Å². The van der Waals surface area contributed by atoms with E-state index >= 15 is 0 Å². The van der Waals surface area contributed by atoms with Crippen LogP contribution in [-0.4, -0.2) is 37.9 Å². The Balaban J connectivity index is 1.77. The maximum Gasteiger partial charge on any atom is 0.252 e. The normalized spacial score (nSPS) is 19.3. The first kappa shape index (κ1) is 17.5. The molecule has 0 unspecified atom stereocenters. The zero-order valence-corrected chi connectivity index (χ0v) is 15.4. The number of benzene rings is 1. The molecule has 0 aliphatic heterocycles. The molecule has 1 aromatic carbocycles. The summed E-state index contributed by atoms with van der Waals surface area (Å²) >= 11 is 0. The molecule has 0 saturated heterocycles. The van der Waals surface area contributed by atoms with Crippen molar-refractivity contribution in [3.8, 4) is 11.1 Å². The van der Waals surface area contributed by atoms with Gasteiger partial charge in [0.25, 0.3) is 5.91 Å². The summed E-state index contributed by atoms with van der Waals surface area (Å²) in [6.45, 7) is 4.02. The van der Waals surface area contributed by atoms with Gasteiger partial charge in [0.2, 0.25) is 0 Å². The molecule has 0 atom stereocenters. The molecule has 27 heavy (non-hydrogen) atoms. The quantitative estimate of drug-likeness (QED) is 0.644. The molecule has 1 aliphatic carbocycles. The number of nitrogens with zero attached hydrogens (tertiary/aromatic N) is 3. The fourth-order valence-electron chi connectivity index (χ4n) is 3.47. The summed E-state index contributed by atoms with van der Waals surface area (Å²) in [5.41, 5.74) is 9.40. The minimum Gasteiger partial charge on any atom is -0.393 e. The molecule has 4 rings (SSSR count). The number of primary amides is 1. The minimum atomic E-state index is -0.505. The fourth-order valence-corrected chi connectivity index (χ4v) is 3.47. The Bertz CT molecular complexity index is 1000. The predicted octanol–water partition coefficient (Wildman–Crippen LogP) is 2.71. The van der Waals surface area contributed by atoms with Gasteiger partial charge in [-0.25, -0.2) is 0 Å². The SMILES string of the molecule is CC(C)Nc1c(C(N)=O)cnc2ccc(-c3cnn(C4CC(O)C4)c3)cc12. The van der Waals surface area contributed by atoms with Gasteiger partial charge in [-0.1, -0.05) is 6.07 Å². The summed E-state index contributed by atoms with van der Waals surface area (Å²) in [6.07, 6.45) is 6.62. The lowest BCUT2D eigenvalue weighted by Crippen LogP contribution is -2.30. The number of aliphatic hydroxyl groups is 1. The van der Waals surface area contributed by atoms with Crippen LogP contribution in [0.4, 0.5) is 5.69 Å². The summed E-state index contributed by atoms with van der Waals surface area (Å²) in [5.74, 6) is -0.505. The first-order chi connectivity index (χ1) is 12.9. The van der Waals surface area contributed by atoms with Crippen LogP contribution < -0.4 is 11.1 Å². The third-order valence-electron chi connectivity index (χ3n) is 4.96. The first-order valence-corrected chi connectivity index (χ1v) is 9.14. The third kappa shape index (κ3) is 3.26. The van der Waals surface area contributed by atoms with E-state index in [0.717, 1.165) is 34.9 Å². The lowest BCUT2D eigenvalue weighted by Gasteiger charge is -2.31. The van der Waals surface area contributed by atoms with Crippen LogP contribution in [0.15, 0.2) is 36.8 Å². The Kier molecular flexibility index (Phi) is 4.31. The number of hydrogen-bond donors (Lipinski definition) is 3. The van der Waals surface area contributed by atoms with Crippen LogP contribution in [0.1, 0.15) is 43.1 Å². The summed E-state index contributed by atoms with van der Waals surface area (Å²) in [5, 5.41) is 18.1. The van der Waals surface area contributed by atoms with Crippen LogP contribution in [0.5, 0.6) is 0 Å². The van der Waals surface area contributed by atoms with Gasteiger partial charge in [-0.05, 0) is 44.4 Å². The van der Waals surface area contributed by atoms with Gasteiger partial charge < -0.3 is 16.2 Å². The van der Waals surface area contributed by atoms with Crippen LogP contribution in [-0.2, 0) is 0 Å². The zero-order chi connectivity index (χ0) is 19.1. The van der Waals surface area contributed by atoms with E-state index in [9.17, 15) is 9.90 Å². The number of carbonyl (C=O) groups is 1. The van der Waals surface area contributed by atoms with Gasteiger partial charge in [-0.15, -0.1) is 0 Å². The van der Waals surface area contributed by atoms with Crippen molar-refractivity contribution in [3.63, 3.8) is 0 Å². The third-order valence-corrected chi connectivity index (χ3v) is 4.96.